The molecule has 5 nitrogen and oxygen atoms in total. The lowest BCUT2D eigenvalue weighted by Crippen LogP contribution is -2.50. The number of anilines is 1. The molecule has 2 N–H and O–H groups in total. The van der Waals surface area contributed by atoms with Gasteiger partial charge >= 0.3 is 0 Å². The Morgan fingerprint density at radius 3 is 2.64 bits per heavy atom. The third-order valence-electron chi connectivity index (χ3n) is 6.40. The third-order valence-corrected chi connectivity index (χ3v) is 6.40. The topological polar surface area (TPSA) is 66.6 Å². The molecule has 0 spiro atoms. The van der Waals surface area contributed by atoms with E-state index < -0.39 is 11.9 Å². The van der Waals surface area contributed by atoms with Crippen LogP contribution in [0, 0.1) is 23.6 Å². The maximum Gasteiger partial charge on any atom is 0.249 e. The fourth-order valence-corrected chi connectivity index (χ4v) is 5.03. The van der Waals surface area contributed by atoms with Crippen molar-refractivity contribution in [2.75, 3.05) is 18.5 Å². The Bertz CT molecular complexity index is 708. The Morgan fingerprint density at radius 2 is 1.96 bits per heavy atom. The first-order valence-corrected chi connectivity index (χ1v) is 9.07. The van der Waals surface area contributed by atoms with Gasteiger partial charge in [-0.2, -0.15) is 0 Å². The molecule has 1 saturated heterocycles. The molecule has 6 heteroatoms. The smallest absolute Gasteiger partial charge is 0.249 e. The lowest BCUT2D eigenvalue weighted by atomic mass is 9.84. The molecule has 3 aliphatic rings. The van der Waals surface area contributed by atoms with Gasteiger partial charge in [0.2, 0.25) is 11.8 Å². The molecule has 2 amide bonds. The lowest BCUT2D eigenvalue weighted by molar-refractivity contribution is -0.142. The molecule has 1 aromatic carbocycles. The van der Waals surface area contributed by atoms with Crippen LogP contribution in [0.15, 0.2) is 24.3 Å². The van der Waals surface area contributed by atoms with Crippen molar-refractivity contribution in [3.8, 4) is 0 Å². The summed E-state index contributed by atoms with van der Waals surface area (Å²) in [6.07, 6.45) is 3.72. The first-order chi connectivity index (χ1) is 12.0. The highest BCUT2D eigenvalue weighted by Crippen LogP contribution is 2.48. The summed E-state index contributed by atoms with van der Waals surface area (Å²) in [5.74, 6) is -0.0125. The quantitative estimate of drug-likeness (QED) is 0.908. The zero-order valence-electron chi connectivity index (χ0n) is 14.4. The van der Waals surface area contributed by atoms with Crippen molar-refractivity contribution >= 4 is 17.5 Å². The van der Waals surface area contributed by atoms with Crippen LogP contribution in [0.1, 0.15) is 25.7 Å². The van der Waals surface area contributed by atoms with Gasteiger partial charge in [-0.05, 0) is 49.7 Å². The van der Waals surface area contributed by atoms with Gasteiger partial charge in [-0.15, -0.1) is 0 Å². The molecule has 2 aliphatic carbocycles. The standard InChI is InChI=1S/C19H24FN3O2/c1-22(19(25)16-11-6-7-12(10-11)17(16)21)15-8-9-23(18(15)24)14-5-3-2-4-13(14)20/h2-5,11-12,15-17H,6-10,21H2,1H3. The van der Waals surface area contributed by atoms with E-state index in [0.717, 1.165) is 19.3 Å². The van der Waals surface area contributed by atoms with Gasteiger partial charge in [0.15, 0.2) is 0 Å². The van der Waals surface area contributed by atoms with Gasteiger partial charge in [0.05, 0.1) is 11.6 Å². The zero-order chi connectivity index (χ0) is 17.7. The number of benzene rings is 1. The van der Waals surface area contributed by atoms with E-state index in [2.05, 4.69) is 0 Å². The maximum absolute atomic E-state index is 14.0. The monoisotopic (exact) mass is 345 g/mol. The van der Waals surface area contributed by atoms with Crippen LogP contribution in [0.3, 0.4) is 0 Å². The Hall–Kier alpha value is -1.95. The number of hydrogen-bond donors (Lipinski definition) is 1. The molecule has 25 heavy (non-hydrogen) atoms. The molecular weight excluding hydrogens is 321 g/mol. The molecule has 2 saturated carbocycles. The van der Waals surface area contributed by atoms with Crippen LogP contribution in [0.4, 0.5) is 10.1 Å². The number of carbonyl (C=O) groups excluding carboxylic acids is 2. The van der Waals surface area contributed by atoms with Gasteiger partial charge < -0.3 is 15.5 Å². The predicted octanol–water partition coefficient (Wildman–Crippen LogP) is 1.76. The average Bonchev–Trinajstić information content (AvgIpc) is 3.29. The molecule has 1 aromatic rings. The Kier molecular flexibility index (Phi) is 4.02. The van der Waals surface area contributed by atoms with Crippen molar-refractivity contribution in [1.82, 2.24) is 4.90 Å². The largest absolute Gasteiger partial charge is 0.333 e. The molecule has 2 bridgehead atoms. The summed E-state index contributed by atoms with van der Waals surface area (Å²) < 4.78 is 14.0. The number of halogens is 1. The van der Waals surface area contributed by atoms with Crippen molar-refractivity contribution in [2.45, 2.75) is 37.8 Å². The second-order valence-electron chi connectivity index (χ2n) is 7.63. The average molecular weight is 345 g/mol. The molecule has 4 rings (SSSR count). The van der Waals surface area contributed by atoms with Gasteiger partial charge in [0.1, 0.15) is 11.9 Å². The molecule has 3 fully saturated rings. The minimum Gasteiger partial charge on any atom is -0.333 e. The van der Waals surface area contributed by atoms with Crippen LogP contribution in [0.5, 0.6) is 0 Å². The highest BCUT2D eigenvalue weighted by molar-refractivity contribution is 6.01. The summed E-state index contributed by atoms with van der Waals surface area (Å²) in [5.41, 5.74) is 6.57. The number of nitrogens with zero attached hydrogens (tertiary/aromatic N) is 2. The SMILES string of the molecule is CN(C(=O)C1C2CCC(C2)C1N)C1CCN(c2ccccc2F)C1=O. The van der Waals surface area contributed by atoms with Crippen LogP contribution >= 0.6 is 0 Å². The van der Waals surface area contributed by atoms with Gasteiger partial charge in [-0.3, -0.25) is 9.59 Å². The fraction of sp³-hybridized carbons (Fsp3) is 0.579. The molecule has 1 aliphatic heterocycles. The molecule has 1 heterocycles. The van der Waals surface area contributed by atoms with Crippen molar-refractivity contribution in [2.24, 2.45) is 23.5 Å². The first-order valence-electron chi connectivity index (χ1n) is 9.07. The second-order valence-corrected chi connectivity index (χ2v) is 7.63. The summed E-state index contributed by atoms with van der Waals surface area (Å²) in [6.45, 7) is 0.421. The van der Waals surface area contributed by atoms with Crippen LogP contribution in [-0.4, -0.2) is 42.4 Å². The summed E-state index contributed by atoms with van der Waals surface area (Å²) in [7, 11) is 1.69. The molecular formula is C19H24FN3O2. The number of hydrogen-bond acceptors (Lipinski definition) is 3. The molecule has 5 unspecified atom stereocenters. The number of carbonyl (C=O) groups is 2. The summed E-state index contributed by atoms with van der Waals surface area (Å²) in [5, 5.41) is 0. The Labute approximate surface area is 147 Å². The number of fused-ring (bicyclic) bond motifs is 2. The fourth-order valence-electron chi connectivity index (χ4n) is 5.03. The van der Waals surface area contributed by atoms with Crippen molar-refractivity contribution < 1.29 is 14.0 Å². The van der Waals surface area contributed by atoms with Gasteiger partial charge in [0, 0.05) is 19.6 Å². The van der Waals surface area contributed by atoms with E-state index in [4.69, 9.17) is 5.73 Å². The predicted molar refractivity (Wildman–Crippen MR) is 92.2 cm³/mol. The zero-order valence-corrected chi connectivity index (χ0v) is 14.4. The van der Waals surface area contributed by atoms with Crippen LogP contribution < -0.4 is 10.6 Å². The van der Waals surface area contributed by atoms with E-state index in [0.29, 0.717) is 24.8 Å². The second kappa shape index (κ2) is 6.09. The van der Waals surface area contributed by atoms with Crippen molar-refractivity contribution in [3.05, 3.63) is 30.1 Å². The van der Waals surface area contributed by atoms with E-state index in [1.54, 1.807) is 30.1 Å². The van der Waals surface area contributed by atoms with Crippen molar-refractivity contribution in [3.63, 3.8) is 0 Å². The van der Waals surface area contributed by atoms with Crippen LogP contribution in [-0.2, 0) is 9.59 Å². The highest BCUT2D eigenvalue weighted by Gasteiger charge is 2.51. The third kappa shape index (κ3) is 2.54. The first kappa shape index (κ1) is 16.5. The van der Waals surface area contributed by atoms with E-state index in [1.165, 1.54) is 11.0 Å². The minimum absolute atomic E-state index is 0.0200. The number of likely N-dealkylation sites (N-methyl/N-ethyl adjacent to an activating group) is 1. The van der Waals surface area contributed by atoms with E-state index in [9.17, 15) is 14.0 Å². The molecule has 134 valence electrons. The van der Waals surface area contributed by atoms with Crippen LogP contribution in [0.2, 0.25) is 0 Å². The summed E-state index contributed by atoms with van der Waals surface area (Å²) >= 11 is 0. The normalized spacial score (nSPS) is 34.0. The number of nitrogens with two attached hydrogens (primary N) is 1. The molecule has 0 aromatic heterocycles. The maximum atomic E-state index is 14.0. The molecule has 5 atom stereocenters. The highest BCUT2D eigenvalue weighted by atomic mass is 19.1. The number of amides is 2. The molecule has 0 radical (unpaired) electrons. The number of rotatable bonds is 3. The van der Waals surface area contributed by atoms with E-state index in [1.807, 2.05) is 0 Å². The number of para-hydroxylation sites is 1. The van der Waals surface area contributed by atoms with Crippen LogP contribution in [0.25, 0.3) is 0 Å². The Balaban J connectivity index is 1.50. The van der Waals surface area contributed by atoms with E-state index in [-0.39, 0.29) is 29.5 Å². The van der Waals surface area contributed by atoms with Gasteiger partial charge in [-0.25, -0.2) is 4.39 Å². The van der Waals surface area contributed by atoms with Gasteiger partial charge in [-0.1, -0.05) is 12.1 Å². The summed E-state index contributed by atoms with van der Waals surface area (Å²) in [6, 6.07) is 5.64. The minimum atomic E-state index is -0.529. The Morgan fingerprint density at radius 1 is 1.24 bits per heavy atom. The van der Waals surface area contributed by atoms with Gasteiger partial charge in [0.25, 0.3) is 0 Å². The lowest BCUT2D eigenvalue weighted by Gasteiger charge is -2.33. The van der Waals surface area contributed by atoms with E-state index >= 15 is 0 Å². The summed E-state index contributed by atoms with van der Waals surface area (Å²) in [4.78, 5) is 28.8. The van der Waals surface area contributed by atoms with Crippen molar-refractivity contribution in [1.29, 1.82) is 0 Å².